The Hall–Kier alpha value is 0. The molecule has 0 aromatic heterocycles. The van der Waals surface area contributed by atoms with E-state index in [1.807, 2.05) is 0 Å². The Morgan fingerprint density at radius 1 is 0.762 bits per heavy atom. The first-order valence-corrected chi connectivity index (χ1v) is 9.35. The Bertz CT molecular complexity index is 299. The van der Waals surface area contributed by atoms with E-state index in [0.717, 1.165) is 17.8 Å². The summed E-state index contributed by atoms with van der Waals surface area (Å²) in [4.78, 5) is 0. The van der Waals surface area contributed by atoms with Crippen LogP contribution in [0.1, 0.15) is 102 Å². The fourth-order valence-corrected chi connectivity index (χ4v) is 4.41. The van der Waals surface area contributed by atoms with E-state index in [-0.39, 0.29) is 0 Å². The molecule has 0 heteroatoms. The Labute approximate surface area is 136 Å². The van der Waals surface area contributed by atoms with Gasteiger partial charge in [0.25, 0.3) is 0 Å². The molecule has 128 valence electrons. The zero-order chi connectivity index (χ0) is 17.1. The Morgan fingerprint density at radius 3 is 1.52 bits per heavy atom. The fraction of sp³-hybridized carbons (Fsp3) is 1.00. The Kier molecular flexibility index (Phi) is 7.51. The van der Waals surface area contributed by atoms with Crippen LogP contribution < -0.4 is 0 Å². The van der Waals surface area contributed by atoms with Gasteiger partial charge in [-0.15, -0.1) is 0 Å². The second-order valence-electron chi connectivity index (χ2n) is 9.61. The van der Waals surface area contributed by atoms with Crippen molar-refractivity contribution in [2.75, 3.05) is 0 Å². The summed E-state index contributed by atoms with van der Waals surface area (Å²) in [6, 6.07) is 0. The molecule has 21 heavy (non-hydrogen) atoms. The Morgan fingerprint density at radius 2 is 1.24 bits per heavy atom. The van der Waals surface area contributed by atoms with Crippen LogP contribution in [-0.4, -0.2) is 0 Å². The van der Waals surface area contributed by atoms with Gasteiger partial charge in [0, 0.05) is 0 Å². The zero-order valence-electron chi connectivity index (χ0n) is 17.1. The third-order valence-electron chi connectivity index (χ3n) is 7.03. The van der Waals surface area contributed by atoms with Gasteiger partial charge in [0.2, 0.25) is 0 Å². The minimum atomic E-state index is 0.406. The lowest BCUT2D eigenvalue weighted by atomic mass is 9.53. The predicted molar refractivity (Wildman–Crippen MR) is 98.7 cm³/mol. The van der Waals surface area contributed by atoms with Crippen LogP contribution in [-0.2, 0) is 0 Å². The first kappa shape index (κ1) is 21.0. The minimum absolute atomic E-state index is 0.406. The van der Waals surface area contributed by atoms with Crippen molar-refractivity contribution in [2.45, 2.75) is 102 Å². The van der Waals surface area contributed by atoms with Crippen LogP contribution in [0, 0.1) is 34.0 Å². The highest BCUT2D eigenvalue weighted by atomic mass is 14.5. The van der Waals surface area contributed by atoms with Crippen LogP contribution in [0.4, 0.5) is 0 Å². The third kappa shape index (κ3) is 5.00. The van der Waals surface area contributed by atoms with Crippen molar-refractivity contribution in [2.24, 2.45) is 34.0 Å². The number of hydrogen-bond acceptors (Lipinski definition) is 0. The van der Waals surface area contributed by atoms with Gasteiger partial charge >= 0.3 is 0 Å². The van der Waals surface area contributed by atoms with Gasteiger partial charge in [-0.2, -0.15) is 0 Å². The molecule has 3 unspecified atom stereocenters. The van der Waals surface area contributed by atoms with E-state index in [1.165, 1.54) is 25.7 Å². The molecular weight excluding hydrogens is 252 g/mol. The predicted octanol–water partition coefficient (Wildman–Crippen LogP) is 7.57. The molecule has 0 aliphatic heterocycles. The van der Waals surface area contributed by atoms with Crippen molar-refractivity contribution in [3.63, 3.8) is 0 Å². The quantitative estimate of drug-likeness (QED) is 0.411. The van der Waals surface area contributed by atoms with E-state index in [0.29, 0.717) is 16.2 Å². The molecule has 0 aromatic rings. The van der Waals surface area contributed by atoms with E-state index in [2.05, 4.69) is 76.2 Å². The molecule has 0 saturated heterocycles. The smallest absolute Gasteiger partial charge is 0.0272 e. The molecule has 0 aliphatic carbocycles. The molecule has 3 atom stereocenters. The van der Waals surface area contributed by atoms with Crippen molar-refractivity contribution in [3.8, 4) is 0 Å². The fourth-order valence-electron chi connectivity index (χ4n) is 4.41. The highest BCUT2D eigenvalue weighted by molar-refractivity contribution is 4.95. The van der Waals surface area contributed by atoms with Gasteiger partial charge in [-0.1, -0.05) is 89.0 Å². The maximum atomic E-state index is 2.55. The molecule has 0 bridgehead atoms. The molecule has 0 heterocycles. The van der Waals surface area contributed by atoms with Crippen molar-refractivity contribution >= 4 is 0 Å². The summed E-state index contributed by atoms with van der Waals surface area (Å²) in [6.45, 7) is 26.9. The zero-order valence-corrected chi connectivity index (χ0v) is 17.1. The molecule has 0 N–H and O–H groups in total. The van der Waals surface area contributed by atoms with Crippen LogP contribution >= 0.6 is 0 Å². The van der Waals surface area contributed by atoms with E-state index >= 15 is 0 Å². The lowest BCUT2D eigenvalue weighted by Gasteiger charge is -2.52. The van der Waals surface area contributed by atoms with Crippen molar-refractivity contribution in [3.05, 3.63) is 0 Å². The highest BCUT2D eigenvalue weighted by Crippen LogP contribution is 2.55. The SMILES string of the molecule is CCC(C)(CC(C)(CC)C(C)(C)CC(C)C)C(C)C(C)C. The van der Waals surface area contributed by atoms with Crippen molar-refractivity contribution in [1.29, 1.82) is 0 Å². The Balaban J connectivity index is 5.43. The van der Waals surface area contributed by atoms with Gasteiger partial charge in [-0.3, -0.25) is 0 Å². The van der Waals surface area contributed by atoms with Gasteiger partial charge < -0.3 is 0 Å². The molecule has 0 spiro atoms. The molecule has 0 amide bonds. The maximum absolute atomic E-state index is 2.55. The summed E-state index contributed by atoms with van der Waals surface area (Å²) < 4.78 is 0. The third-order valence-corrected chi connectivity index (χ3v) is 7.03. The first-order valence-electron chi connectivity index (χ1n) is 9.35. The van der Waals surface area contributed by atoms with Crippen LogP contribution in [0.25, 0.3) is 0 Å². The van der Waals surface area contributed by atoms with Crippen LogP contribution in [0.2, 0.25) is 0 Å². The summed E-state index contributed by atoms with van der Waals surface area (Å²) in [6.07, 6.45) is 5.26. The normalized spacial score (nSPS) is 20.4. The average molecular weight is 297 g/mol. The molecule has 0 nitrogen and oxygen atoms in total. The van der Waals surface area contributed by atoms with E-state index in [1.54, 1.807) is 0 Å². The largest absolute Gasteiger partial charge is 0.0649 e. The topological polar surface area (TPSA) is 0 Å². The first-order chi connectivity index (χ1) is 9.35. The molecular formula is C21H44. The van der Waals surface area contributed by atoms with E-state index < -0.39 is 0 Å². The van der Waals surface area contributed by atoms with E-state index in [4.69, 9.17) is 0 Å². The van der Waals surface area contributed by atoms with Crippen LogP contribution in [0.3, 0.4) is 0 Å². The summed E-state index contributed by atoms with van der Waals surface area (Å²) in [5, 5.41) is 0. The van der Waals surface area contributed by atoms with Gasteiger partial charge in [0.15, 0.2) is 0 Å². The number of rotatable bonds is 9. The average Bonchev–Trinajstić information content (AvgIpc) is 2.35. The minimum Gasteiger partial charge on any atom is -0.0649 e. The summed E-state index contributed by atoms with van der Waals surface area (Å²) in [5.74, 6) is 2.33. The standard InChI is InChI=1S/C21H44/c1-12-20(10,18(7)17(5)6)15-21(11,13-2)19(8,9)14-16(3)4/h16-18H,12-15H2,1-11H3. The molecule has 0 rings (SSSR count). The van der Waals surface area contributed by atoms with Gasteiger partial charge in [-0.05, 0) is 46.8 Å². The summed E-state index contributed by atoms with van der Waals surface area (Å²) in [5.41, 5.74) is 1.28. The maximum Gasteiger partial charge on any atom is -0.0272 e. The molecule has 0 saturated carbocycles. The lowest BCUT2D eigenvalue weighted by Crippen LogP contribution is -2.42. The van der Waals surface area contributed by atoms with Crippen LogP contribution in [0.5, 0.6) is 0 Å². The second-order valence-corrected chi connectivity index (χ2v) is 9.61. The highest BCUT2D eigenvalue weighted by Gasteiger charge is 2.45. The van der Waals surface area contributed by atoms with Gasteiger partial charge in [0.05, 0.1) is 0 Å². The lowest BCUT2D eigenvalue weighted by molar-refractivity contribution is -0.0185. The second kappa shape index (κ2) is 7.51. The molecule has 0 aliphatic rings. The van der Waals surface area contributed by atoms with E-state index in [9.17, 15) is 0 Å². The summed E-state index contributed by atoms with van der Waals surface area (Å²) >= 11 is 0. The monoisotopic (exact) mass is 296 g/mol. The number of hydrogen-bond donors (Lipinski definition) is 0. The van der Waals surface area contributed by atoms with Crippen molar-refractivity contribution in [1.82, 2.24) is 0 Å². The van der Waals surface area contributed by atoms with Gasteiger partial charge in [0.1, 0.15) is 0 Å². The molecule has 0 aromatic carbocycles. The summed E-state index contributed by atoms with van der Waals surface area (Å²) in [7, 11) is 0. The molecule has 0 fully saturated rings. The van der Waals surface area contributed by atoms with Crippen molar-refractivity contribution < 1.29 is 0 Å². The van der Waals surface area contributed by atoms with Gasteiger partial charge in [-0.25, -0.2) is 0 Å². The molecule has 0 radical (unpaired) electrons. The van der Waals surface area contributed by atoms with Crippen LogP contribution in [0.15, 0.2) is 0 Å².